The molecule has 57 heavy (non-hydrogen) atoms. The van der Waals surface area contributed by atoms with Gasteiger partial charge < -0.3 is 18.9 Å². The molecule has 8 nitrogen and oxygen atoms in total. The van der Waals surface area contributed by atoms with E-state index in [2.05, 4.69) is 26.3 Å². The van der Waals surface area contributed by atoms with Gasteiger partial charge >= 0.3 is 23.9 Å². The number of carbonyl (C=O) groups is 4. The maximum absolute atomic E-state index is 13.8. The van der Waals surface area contributed by atoms with E-state index in [9.17, 15) is 19.2 Å². The smallest absolute Gasteiger partial charge is 0.338 e. The monoisotopic (exact) mass is 754 g/mol. The SMILES string of the molecule is C=C(C)C(=O)Oc1cc2ccccc2c(C2(c3c(OC(=O)C(=C)C)c(OC(=O)C(=C)C)cc4ccccc34)c3ccccc3-c3ccccc32)c1OC(=O)C(=C)C. The van der Waals surface area contributed by atoms with Crippen LogP contribution in [-0.2, 0) is 24.6 Å². The number of carbonyl (C=O) groups excluding carboxylic acids is 4. The minimum absolute atomic E-state index is 0.0674. The highest BCUT2D eigenvalue weighted by atomic mass is 16.6. The van der Waals surface area contributed by atoms with Crippen molar-refractivity contribution in [3.05, 3.63) is 180 Å². The molecule has 7 rings (SSSR count). The summed E-state index contributed by atoms with van der Waals surface area (Å²) in [6, 6.07) is 33.6. The van der Waals surface area contributed by atoms with Gasteiger partial charge in [0.15, 0.2) is 23.0 Å². The van der Waals surface area contributed by atoms with Gasteiger partial charge in [0.1, 0.15) is 0 Å². The summed E-state index contributed by atoms with van der Waals surface area (Å²) < 4.78 is 24.8. The lowest BCUT2D eigenvalue weighted by Gasteiger charge is -2.38. The molecule has 0 amide bonds. The summed E-state index contributed by atoms with van der Waals surface area (Å²) in [5.74, 6) is -3.37. The van der Waals surface area contributed by atoms with Crippen LogP contribution in [0.1, 0.15) is 49.9 Å². The summed E-state index contributed by atoms with van der Waals surface area (Å²) in [7, 11) is 0. The van der Waals surface area contributed by atoms with E-state index >= 15 is 0 Å². The van der Waals surface area contributed by atoms with Gasteiger partial charge in [-0.2, -0.15) is 0 Å². The summed E-state index contributed by atoms with van der Waals surface area (Å²) in [5.41, 5.74) is 2.62. The van der Waals surface area contributed by atoms with Gasteiger partial charge in [0.05, 0.1) is 5.41 Å². The quantitative estimate of drug-likeness (QED) is 0.0772. The molecule has 6 aromatic carbocycles. The Morgan fingerprint density at radius 2 is 0.754 bits per heavy atom. The lowest BCUT2D eigenvalue weighted by atomic mass is 9.64. The second-order valence-electron chi connectivity index (χ2n) is 14.1. The zero-order chi connectivity index (χ0) is 40.8. The average molecular weight is 755 g/mol. The second kappa shape index (κ2) is 14.7. The van der Waals surface area contributed by atoms with E-state index in [1.807, 2.05) is 97.1 Å². The Hall–Kier alpha value is -7.32. The fourth-order valence-electron chi connectivity index (χ4n) is 7.34. The number of fused-ring (bicyclic) bond motifs is 5. The molecule has 282 valence electrons. The van der Waals surface area contributed by atoms with Crippen LogP contribution in [0.5, 0.6) is 23.0 Å². The first-order valence-electron chi connectivity index (χ1n) is 18.1. The Bertz CT molecular complexity index is 2590. The van der Waals surface area contributed by atoms with E-state index in [4.69, 9.17) is 18.9 Å². The van der Waals surface area contributed by atoms with Crippen LogP contribution in [0.2, 0.25) is 0 Å². The first-order valence-corrected chi connectivity index (χ1v) is 18.1. The van der Waals surface area contributed by atoms with Crippen LogP contribution in [0.4, 0.5) is 0 Å². The molecule has 0 atom stereocenters. The number of hydrogen-bond donors (Lipinski definition) is 0. The average Bonchev–Trinajstić information content (AvgIpc) is 3.48. The van der Waals surface area contributed by atoms with Gasteiger partial charge in [-0.15, -0.1) is 0 Å². The standard InChI is InChI=1S/C49H38O8/c1-27(2)45(50)54-39-25-31-17-9-11-19-33(31)41(43(39)56-47(52)29(5)6)49(37-23-15-13-21-35(37)36-22-14-16-24-38(36)49)42-34-20-12-10-18-32(34)26-40(55-46(51)28(3)4)44(42)57-48(53)30(7)8/h9-26H,1,3,5,7H2,2,4,6,8H3. The zero-order valence-electron chi connectivity index (χ0n) is 32.0. The highest BCUT2D eigenvalue weighted by Gasteiger charge is 2.52. The fraction of sp³-hybridized carbons (Fsp3) is 0.102. The van der Waals surface area contributed by atoms with Gasteiger partial charge in [-0.05, 0) is 83.6 Å². The highest BCUT2D eigenvalue weighted by Crippen LogP contribution is 2.64. The van der Waals surface area contributed by atoms with Gasteiger partial charge in [-0.25, -0.2) is 19.2 Å². The van der Waals surface area contributed by atoms with Crippen LogP contribution in [-0.4, -0.2) is 23.9 Å². The van der Waals surface area contributed by atoms with Crippen molar-refractivity contribution in [3.8, 4) is 34.1 Å². The van der Waals surface area contributed by atoms with Gasteiger partial charge in [0.2, 0.25) is 0 Å². The molecule has 0 spiro atoms. The summed E-state index contributed by atoms with van der Waals surface area (Å²) in [6.45, 7) is 21.3. The van der Waals surface area contributed by atoms with Crippen LogP contribution < -0.4 is 18.9 Å². The van der Waals surface area contributed by atoms with E-state index in [1.54, 1.807) is 12.1 Å². The largest absolute Gasteiger partial charge is 0.419 e. The molecular weight excluding hydrogens is 717 g/mol. The normalized spacial score (nSPS) is 12.2. The Morgan fingerprint density at radius 1 is 0.439 bits per heavy atom. The van der Waals surface area contributed by atoms with Crippen molar-refractivity contribution in [1.82, 2.24) is 0 Å². The molecule has 0 aromatic heterocycles. The fourth-order valence-corrected chi connectivity index (χ4v) is 7.34. The minimum atomic E-state index is -1.57. The third-order valence-corrected chi connectivity index (χ3v) is 9.83. The Kier molecular flexibility index (Phi) is 9.81. The molecule has 0 bridgehead atoms. The van der Waals surface area contributed by atoms with Crippen molar-refractivity contribution < 1.29 is 38.1 Å². The van der Waals surface area contributed by atoms with Crippen LogP contribution in [0.15, 0.2) is 158 Å². The van der Waals surface area contributed by atoms with E-state index in [0.29, 0.717) is 43.8 Å². The molecule has 1 aliphatic rings. The Balaban J connectivity index is 1.82. The number of rotatable bonds is 10. The van der Waals surface area contributed by atoms with Crippen molar-refractivity contribution in [2.75, 3.05) is 0 Å². The molecule has 0 heterocycles. The molecule has 0 saturated heterocycles. The summed E-state index contributed by atoms with van der Waals surface area (Å²) >= 11 is 0. The van der Waals surface area contributed by atoms with E-state index in [0.717, 1.165) is 11.1 Å². The minimum Gasteiger partial charge on any atom is -0.419 e. The molecule has 8 heteroatoms. The van der Waals surface area contributed by atoms with Crippen molar-refractivity contribution in [2.24, 2.45) is 0 Å². The maximum atomic E-state index is 13.8. The van der Waals surface area contributed by atoms with Crippen LogP contribution in [0, 0.1) is 0 Å². The van der Waals surface area contributed by atoms with Crippen LogP contribution in [0.25, 0.3) is 32.7 Å². The number of benzene rings is 6. The van der Waals surface area contributed by atoms with E-state index in [1.165, 1.54) is 27.7 Å². The third kappa shape index (κ3) is 6.41. The van der Waals surface area contributed by atoms with Crippen LogP contribution >= 0.6 is 0 Å². The molecule has 0 fully saturated rings. The Morgan fingerprint density at radius 3 is 1.12 bits per heavy atom. The molecule has 0 aliphatic heterocycles. The van der Waals surface area contributed by atoms with Crippen molar-refractivity contribution in [2.45, 2.75) is 33.1 Å². The zero-order valence-corrected chi connectivity index (χ0v) is 32.0. The first kappa shape index (κ1) is 38.0. The Labute approximate surface area is 330 Å². The van der Waals surface area contributed by atoms with Crippen molar-refractivity contribution >= 4 is 45.4 Å². The number of ether oxygens (including phenoxy) is 4. The number of esters is 4. The highest BCUT2D eigenvalue weighted by molar-refractivity contribution is 6.05. The van der Waals surface area contributed by atoms with Gasteiger partial charge in [0.25, 0.3) is 0 Å². The lowest BCUT2D eigenvalue weighted by molar-refractivity contribution is -0.132. The predicted octanol–water partition coefficient (Wildman–Crippen LogP) is 10.3. The molecule has 0 radical (unpaired) electrons. The summed E-state index contributed by atoms with van der Waals surface area (Å²) in [5, 5.41) is 2.47. The maximum Gasteiger partial charge on any atom is 0.338 e. The van der Waals surface area contributed by atoms with Gasteiger partial charge in [-0.1, -0.05) is 123 Å². The molecule has 0 N–H and O–H groups in total. The van der Waals surface area contributed by atoms with Gasteiger partial charge in [0, 0.05) is 33.4 Å². The molecule has 0 saturated carbocycles. The molecular formula is C49H38O8. The number of hydrogen-bond acceptors (Lipinski definition) is 8. The summed E-state index contributed by atoms with van der Waals surface area (Å²) in [6.07, 6.45) is 0. The topological polar surface area (TPSA) is 105 Å². The van der Waals surface area contributed by atoms with E-state index < -0.39 is 29.3 Å². The molecule has 0 unspecified atom stereocenters. The second-order valence-corrected chi connectivity index (χ2v) is 14.1. The summed E-state index contributed by atoms with van der Waals surface area (Å²) in [4.78, 5) is 54.5. The van der Waals surface area contributed by atoms with Crippen molar-refractivity contribution in [1.29, 1.82) is 0 Å². The third-order valence-electron chi connectivity index (χ3n) is 9.83. The lowest BCUT2D eigenvalue weighted by Crippen LogP contribution is -2.32. The van der Waals surface area contributed by atoms with Crippen molar-refractivity contribution in [3.63, 3.8) is 0 Å². The predicted molar refractivity (Wildman–Crippen MR) is 221 cm³/mol. The van der Waals surface area contributed by atoms with Crippen LogP contribution in [0.3, 0.4) is 0 Å². The first-order chi connectivity index (χ1) is 27.2. The van der Waals surface area contributed by atoms with E-state index in [-0.39, 0.29) is 45.3 Å². The van der Waals surface area contributed by atoms with Gasteiger partial charge in [-0.3, -0.25) is 0 Å². The molecule has 1 aliphatic carbocycles. The molecule has 6 aromatic rings.